The minimum absolute atomic E-state index is 0.283. The summed E-state index contributed by atoms with van der Waals surface area (Å²) in [5.41, 5.74) is 6.40. The maximum Gasteiger partial charge on any atom is 0.121 e. The molecule has 0 spiro atoms. The van der Waals surface area contributed by atoms with Crippen molar-refractivity contribution < 1.29 is 9.47 Å². The molecule has 2 rings (SSSR count). The molecule has 0 bridgehead atoms. The second-order valence-corrected chi connectivity index (χ2v) is 3.50. The number of anilines is 1. The topological polar surface area (TPSA) is 44.5 Å². The van der Waals surface area contributed by atoms with E-state index in [0.717, 1.165) is 37.5 Å². The van der Waals surface area contributed by atoms with Crippen LogP contribution in [-0.2, 0) is 4.74 Å². The van der Waals surface area contributed by atoms with Crippen molar-refractivity contribution in [2.24, 2.45) is 0 Å². The summed E-state index contributed by atoms with van der Waals surface area (Å²) in [6, 6.07) is 7.56. The van der Waals surface area contributed by atoms with Crippen LogP contribution in [0.5, 0.6) is 5.75 Å². The van der Waals surface area contributed by atoms with Gasteiger partial charge in [-0.2, -0.15) is 0 Å². The van der Waals surface area contributed by atoms with Crippen LogP contribution in [0.2, 0.25) is 0 Å². The Kier molecular flexibility index (Phi) is 2.89. The maximum atomic E-state index is 5.78. The van der Waals surface area contributed by atoms with E-state index in [9.17, 15) is 0 Å². The summed E-state index contributed by atoms with van der Waals surface area (Å²) in [5.74, 6) is 0.858. The second kappa shape index (κ2) is 4.33. The Hall–Kier alpha value is -1.22. The first kappa shape index (κ1) is 9.34. The largest absolute Gasteiger partial charge is 0.490 e. The van der Waals surface area contributed by atoms with Crippen LogP contribution in [0, 0.1) is 0 Å². The van der Waals surface area contributed by atoms with Gasteiger partial charge in [0.05, 0.1) is 13.2 Å². The van der Waals surface area contributed by atoms with Crippen LogP contribution in [0.1, 0.15) is 12.8 Å². The molecule has 0 aliphatic carbocycles. The Balaban J connectivity index is 1.95. The molecule has 1 fully saturated rings. The summed E-state index contributed by atoms with van der Waals surface area (Å²) in [4.78, 5) is 0. The van der Waals surface area contributed by atoms with E-state index in [1.54, 1.807) is 0 Å². The Morgan fingerprint density at radius 1 is 1.29 bits per heavy atom. The van der Waals surface area contributed by atoms with Crippen LogP contribution >= 0.6 is 0 Å². The molecule has 3 nitrogen and oxygen atoms in total. The predicted molar refractivity (Wildman–Crippen MR) is 55.3 cm³/mol. The monoisotopic (exact) mass is 193 g/mol. The number of ether oxygens (including phenoxy) is 2. The van der Waals surface area contributed by atoms with Crippen molar-refractivity contribution in [2.45, 2.75) is 18.9 Å². The van der Waals surface area contributed by atoms with E-state index >= 15 is 0 Å². The Morgan fingerprint density at radius 2 is 2.07 bits per heavy atom. The minimum Gasteiger partial charge on any atom is -0.490 e. The molecule has 0 amide bonds. The maximum absolute atomic E-state index is 5.78. The first-order valence-electron chi connectivity index (χ1n) is 4.94. The third kappa shape index (κ3) is 2.39. The summed E-state index contributed by atoms with van der Waals surface area (Å²) in [5, 5.41) is 0. The van der Waals surface area contributed by atoms with E-state index in [-0.39, 0.29) is 6.10 Å². The van der Waals surface area contributed by atoms with E-state index in [1.165, 1.54) is 0 Å². The highest BCUT2D eigenvalue weighted by Crippen LogP contribution is 2.19. The second-order valence-electron chi connectivity index (χ2n) is 3.50. The predicted octanol–water partition coefficient (Wildman–Crippen LogP) is 1.83. The van der Waals surface area contributed by atoms with Gasteiger partial charge in [0.1, 0.15) is 11.9 Å². The van der Waals surface area contributed by atoms with Gasteiger partial charge in [-0.1, -0.05) is 6.07 Å². The molecule has 76 valence electrons. The molecule has 0 unspecified atom stereocenters. The van der Waals surface area contributed by atoms with Crippen molar-refractivity contribution in [1.82, 2.24) is 0 Å². The molecule has 0 radical (unpaired) electrons. The van der Waals surface area contributed by atoms with Crippen LogP contribution in [0.15, 0.2) is 24.3 Å². The molecule has 0 atom stereocenters. The highest BCUT2D eigenvalue weighted by Gasteiger charge is 2.14. The molecule has 1 saturated heterocycles. The molecule has 14 heavy (non-hydrogen) atoms. The third-order valence-corrected chi connectivity index (χ3v) is 2.33. The zero-order chi connectivity index (χ0) is 9.80. The SMILES string of the molecule is Nc1cccc(OC2CCOCC2)c1. The third-order valence-electron chi connectivity index (χ3n) is 2.33. The summed E-state index contributed by atoms with van der Waals surface area (Å²) in [6.45, 7) is 1.60. The van der Waals surface area contributed by atoms with Crippen molar-refractivity contribution in [1.29, 1.82) is 0 Å². The van der Waals surface area contributed by atoms with E-state index in [4.69, 9.17) is 15.2 Å². The van der Waals surface area contributed by atoms with E-state index in [0.29, 0.717) is 0 Å². The van der Waals surface area contributed by atoms with Crippen molar-refractivity contribution in [3.8, 4) is 5.75 Å². The Bertz CT molecular complexity index is 295. The van der Waals surface area contributed by atoms with Gasteiger partial charge < -0.3 is 15.2 Å². The zero-order valence-corrected chi connectivity index (χ0v) is 8.11. The van der Waals surface area contributed by atoms with Gasteiger partial charge in [-0.15, -0.1) is 0 Å². The molecular weight excluding hydrogens is 178 g/mol. The van der Waals surface area contributed by atoms with Crippen LogP contribution in [0.25, 0.3) is 0 Å². The first-order valence-corrected chi connectivity index (χ1v) is 4.94. The van der Waals surface area contributed by atoms with Crippen molar-refractivity contribution >= 4 is 5.69 Å². The first-order chi connectivity index (χ1) is 6.84. The number of nitrogens with two attached hydrogens (primary N) is 1. The lowest BCUT2D eigenvalue weighted by molar-refractivity contribution is 0.0256. The standard InChI is InChI=1S/C11H15NO2/c12-9-2-1-3-11(8-9)14-10-4-6-13-7-5-10/h1-3,8,10H,4-7,12H2. The molecule has 1 aliphatic heterocycles. The lowest BCUT2D eigenvalue weighted by Gasteiger charge is -2.23. The molecular formula is C11H15NO2. The van der Waals surface area contributed by atoms with E-state index in [2.05, 4.69) is 0 Å². The van der Waals surface area contributed by atoms with Gasteiger partial charge in [-0.05, 0) is 12.1 Å². The van der Waals surface area contributed by atoms with Crippen molar-refractivity contribution in [3.05, 3.63) is 24.3 Å². The fourth-order valence-electron chi connectivity index (χ4n) is 1.57. The van der Waals surface area contributed by atoms with E-state index < -0.39 is 0 Å². The van der Waals surface area contributed by atoms with Crippen molar-refractivity contribution in [2.75, 3.05) is 18.9 Å². The molecule has 1 heterocycles. The smallest absolute Gasteiger partial charge is 0.121 e. The normalized spacial score (nSPS) is 18.0. The average molecular weight is 193 g/mol. The summed E-state index contributed by atoms with van der Waals surface area (Å²) < 4.78 is 11.0. The number of hydrogen-bond donors (Lipinski definition) is 1. The molecule has 1 aliphatic rings. The number of hydrogen-bond acceptors (Lipinski definition) is 3. The molecule has 3 heteroatoms. The lowest BCUT2D eigenvalue weighted by atomic mass is 10.1. The van der Waals surface area contributed by atoms with Crippen LogP contribution in [0.4, 0.5) is 5.69 Å². The fourth-order valence-corrected chi connectivity index (χ4v) is 1.57. The highest BCUT2D eigenvalue weighted by atomic mass is 16.5. The van der Waals surface area contributed by atoms with Gasteiger partial charge in [0.25, 0.3) is 0 Å². The summed E-state index contributed by atoms with van der Waals surface area (Å²) >= 11 is 0. The molecule has 0 saturated carbocycles. The highest BCUT2D eigenvalue weighted by molar-refractivity contribution is 5.43. The minimum atomic E-state index is 0.283. The van der Waals surface area contributed by atoms with E-state index in [1.807, 2.05) is 24.3 Å². The number of nitrogen functional groups attached to an aromatic ring is 1. The van der Waals surface area contributed by atoms with Gasteiger partial charge in [0.2, 0.25) is 0 Å². The van der Waals surface area contributed by atoms with Crippen molar-refractivity contribution in [3.63, 3.8) is 0 Å². The van der Waals surface area contributed by atoms with Crippen LogP contribution in [-0.4, -0.2) is 19.3 Å². The zero-order valence-electron chi connectivity index (χ0n) is 8.11. The Labute approximate surface area is 83.8 Å². The lowest BCUT2D eigenvalue weighted by Crippen LogP contribution is -2.25. The summed E-state index contributed by atoms with van der Waals surface area (Å²) in [7, 11) is 0. The number of rotatable bonds is 2. The van der Waals surface area contributed by atoms with Crippen LogP contribution < -0.4 is 10.5 Å². The molecule has 1 aromatic rings. The summed E-state index contributed by atoms with van der Waals surface area (Å²) in [6.07, 6.45) is 2.22. The van der Waals surface area contributed by atoms with Gasteiger partial charge in [-0.25, -0.2) is 0 Å². The number of benzene rings is 1. The van der Waals surface area contributed by atoms with Gasteiger partial charge >= 0.3 is 0 Å². The molecule has 0 aromatic heterocycles. The average Bonchev–Trinajstić information content (AvgIpc) is 2.19. The quantitative estimate of drug-likeness (QED) is 0.729. The molecule has 2 N–H and O–H groups in total. The fraction of sp³-hybridized carbons (Fsp3) is 0.455. The Morgan fingerprint density at radius 3 is 2.79 bits per heavy atom. The molecule has 1 aromatic carbocycles. The van der Waals surface area contributed by atoms with Crippen LogP contribution in [0.3, 0.4) is 0 Å². The van der Waals surface area contributed by atoms with Gasteiger partial charge in [-0.3, -0.25) is 0 Å². The van der Waals surface area contributed by atoms with Gasteiger partial charge in [0.15, 0.2) is 0 Å². The van der Waals surface area contributed by atoms with Gasteiger partial charge in [0, 0.05) is 24.6 Å².